The first-order valence-corrected chi connectivity index (χ1v) is 11.5. The number of anilines is 3. The zero-order valence-corrected chi connectivity index (χ0v) is 19.4. The minimum Gasteiger partial charge on any atom is -0.484 e. The maximum atomic E-state index is 12.5. The number of carbonyl (C=O) groups is 1. The quantitative estimate of drug-likeness (QED) is 0.531. The Morgan fingerprint density at radius 3 is 2.19 bits per heavy atom. The fourth-order valence-corrected chi connectivity index (χ4v) is 3.99. The Morgan fingerprint density at radius 2 is 1.56 bits per heavy atom. The van der Waals surface area contributed by atoms with Crippen LogP contribution in [0.15, 0.2) is 71.6 Å². The smallest absolute Gasteiger partial charge is 0.262 e. The van der Waals surface area contributed by atoms with Gasteiger partial charge in [0, 0.05) is 31.2 Å². The van der Waals surface area contributed by atoms with Crippen molar-refractivity contribution < 1.29 is 17.9 Å². The molecule has 7 nitrogen and oxygen atoms in total. The third kappa shape index (κ3) is 5.66. The molecule has 0 aromatic heterocycles. The van der Waals surface area contributed by atoms with Crippen molar-refractivity contribution in [3.8, 4) is 5.75 Å². The number of amides is 1. The normalized spacial score (nSPS) is 11.3. The molecule has 3 aromatic rings. The summed E-state index contributed by atoms with van der Waals surface area (Å²) < 4.78 is 31.7. The SMILES string of the molecule is Cc1cc(S(=O)(=O)N(C)C)cc(NC(=O)COc2ccc(Nc3ccccc3)cc2)c1C. The highest BCUT2D eigenvalue weighted by atomic mass is 32.2. The average molecular weight is 454 g/mol. The molecule has 0 heterocycles. The Labute approximate surface area is 189 Å². The Kier molecular flexibility index (Phi) is 7.17. The van der Waals surface area contributed by atoms with E-state index in [-0.39, 0.29) is 17.4 Å². The van der Waals surface area contributed by atoms with E-state index >= 15 is 0 Å². The van der Waals surface area contributed by atoms with Crippen LogP contribution in [0.2, 0.25) is 0 Å². The molecule has 2 N–H and O–H groups in total. The lowest BCUT2D eigenvalue weighted by molar-refractivity contribution is -0.118. The summed E-state index contributed by atoms with van der Waals surface area (Å²) in [6.45, 7) is 3.44. The van der Waals surface area contributed by atoms with Gasteiger partial charge in [-0.15, -0.1) is 0 Å². The molecule has 8 heteroatoms. The van der Waals surface area contributed by atoms with Crippen LogP contribution < -0.4 is 15.4 Å². The largest absolute Gasteiger partial charge is 0.484 e. The standard InChI is InChI=1S/C24H27N3O4S/c1-17-14-22(32(29,30)27(3)4)15-23(18(17)2)26-24(28)16-31-21-12-10-20(11-13-21)25-19-8-6-5-7-9-19/h5-15,25H,16H2,1-4H3,(H,26,28). The fourth-order valence-electron chi connectivity index (χ4n) is 2.97. The molecular weight excluding hydrogens is 426 g/mol. The summed E-state index contributed by atoms with van der Waals surface area (Å²) in [4.78, 5) is 12.6. The van der Waals surface area contributed by atoms with Crippen LogP contribution in [0, 0.1) is 13.8 Å². The van der Waals surface area contributed by atoms with Gasteiger partial charge in [0.2, 0.25) is 10.0 Å². The first-order chi connectivity index (χ1) is 15.2. The van der Waals surface area contributed by atoms with Gasteiger partial charge in [0.15, 0.2) is 6.61 Å². The molecule has 0 radical (unpaired) electrons. The number of para-hydroxylation sites is 1. The highest BCUT2D eigenvalue weighted by Crippen LogP contribution is 2.26. The van der Waals surface area contributed by atoms with Gasteiger partial charge in [-0.1, -0.05) is 18.2 Å². The lowest BCUT2D eigenvalue weighted by Crippen LogP contribution is -2.24. The van der Waals surface area contributed by atoms with E-state index < -0.39 is 10.0 Å². The van der Waals surface area contributed by atoms with E-state index in [0.717, 1.165) is 26.8 Å². The van der Waals surface area contributed by atoms with Crippen LogP contribution in [0.3, 0.4) is 0 Å². The summed E-state index contributed by atoms with van der Waals surface area (Å²) >= 11 is 0. The molecule has 0 saturated carbocycles. The van der Waals surface area contributed by atoms with Gasteiger partial charge in [-0.3, -0.25) is 4.79 Å². The zero-order chi connectivity index (χ0) is 23.3. The molecule has 0 atom stereocenters. The van der Waals surface area contributed by atoms with Crippen LogP contribution in [-0.4, -0.2) is 39.3 Å². The molecule has 168 valence electrons. The Hall–Kier alpha value is -3.36. The van der Waals surface area contributed by atoms with Crippen molar-refractivity contribution in [2.24, 2.45) is 0 Å². The molecular formula is C24H27N3O4S. The highest BCUT2D eigenvalue weighted by Gasteiger charge is 2.20. The molecule has 1 amide bonds. The third-order valence-corrected chi connectivity index (χ3v) is 6.77. The number of benzene rings is 3. The predicted octanol–water partition coefficient (Wildman–Crippen LogP) is 4.31. The van der Waals surface area contributed by atoms with Crippen molar-refractivity contribution in [3.63, 3.8) is 0 Å². The van der Waals surface area contributed by atoms with Crippen molar-refractivity contribution in [1.82, 2.24) is 4.31 Å². The van der Waals surface area contributed by atoms with Crippen molar-refractivity contribution in [2.75, 3.05) is 31.3 Å². The second kappa shape index (κ2) is 9.84. The summed E-state index contributed by atoms with van der Waals surface area (Å²) in [5, 5.41) is 6.04. The lowest BCUT2D eigenvalue weighted by Gasteiger charge is -2.16. The number of sulfonamides is 1. The number of aryl methyl sites for hydroxylation is 1. The average Bonchev–Trinajstić information content (AvgIpc) is 2.77. The van der Waals surface area contributed by atoms with Gasteiger partial charge in [-0.25, -0.2) is 12.7 Å². The molecule has 0 fully saturated rings. The van der Waals surface area contributed by atoms with E-state index in [1.165, 1.54) is 20.2 Å². The topological polar surface area (TPSA) is 87.7 Å². The summed E-state index contributed by atoms with van der Waals surface area (Å²) in [5.74, 6) is 0.175. The molecule has 0 bridgehead atoms. The second-order valence-corrected chi connectivity index (χ2v) is 9.70. The van der Waals surface area contributed by atoms with E-state index in [2.05, 4.69) is 10.6 Å². The van der Waals surface area contributed by atoms with Gasteiger partial charge in [-0.2, -0.15) is 0 Å². The second-order valence-electron chi connectivity index (χ2n) is 7.55. The number of nitrogens with one attached hydrogen (secondary N) is 2. The maximum absolute atomic E-state index is 12.5. The monoisotopic (exact) mass is 453 g/mol. The number of hydrogen-bond acceptors (Lipinski definition) is 5. The molecule has 32 heavy (non-hydrogen) atoms. The minimum absolute atomic E-state index is 0.128. The molecule has 0 aliphatic heterocycles. The van der Waals surface area contributed by atoms with E-state index in [9.17, 15) is 13.2 Å². The Bertz CT molecular complexity index is 1190. The van der Waals surface area contributed by atoms with Crippen LogP contribution >= 0.6 is 0 Å². The molecule has 3 rings (SSSR count). The molecule has 3 aromatic carbocycles. The Morgan fingerprint density at radius 1 is 0.938 bits per heavy atom. The van der Waals surface area contributed by atoms with E-state index in [1.54, 1.807) is 25.1 Å². The van der Waals surface area contributed by atoms with Crippen LogP contribution in [0.4, 0.5) is 17.1 Å². The van der Waals surface area contributed by atoms with Crippen molar-refractivity contribution in [1.29, 1.82) is 0 Å². The van der Waals surface area contributed by atoms with E-state index in [0.29, 0.717) is 11.4 Å². The molecule has 0 saturated heterocycles. The molecule has 0 spiro atoms. The lowest BCUT2D eigenvalue weighted by atomic mass is 10.1. The summed E-state index contributed by atoms with van der Waals surface area (Å²) in [6.07, 6.45) is 0. The molecule has 0 aliphatic carbocycles. The summed E-state index contributed by atoms with van der Waals surface area (Å²) in [7, 11) is -0.673. The number of hydrogen-bond donors (Lipinski definition) is 2. The van der Waals surface area contributed by atoms with Crippen LogP contribution in [0.5, 0.6) is 5.75 Å². The van der Waals surface area contributed by atoms with Gasteiger partial charge in [0.1, 0.15) is 5.75 Å². The van der Waals surface area contributed by atoms with Crippen molar-refractivity contribution in [2.45, 2.75) is 18.7 Å². The number of rotatable bonds is 8. The Balaban J connectivity index is 1.63. The number of ether oxygens (including phenoxy) is 1. The van der Waals surface area contributed by atoms with E-state index in [1.807, 2.05) is 49.4 Å². The minimum atomic E-state index is -3.61. The van der Waals surface area contributed by atoms with Gasteiger partial charge in [0.25, 0.3) is 5.91 Å². The van der Waals surface area contributed by atoms with Crippen molar-refractivity contribution in [3.05, 3.63) is 77.9 Å². The van der Waals surface area contributed by atoms with Gasteiger partial charge in [0.05, 0.1) is 4.90 Å². The van der Waals surface area contributed by atoms with Crippen LogP contribution in [0.1, 0.15) is 11.1 Å². The third-order valence-electron chi connectivity index (χ3n) is 4.98. The summed E-state index contributed by atoms with van der Waals surface area (Å²) in [6, 6.07) is 20.1. The van der Waals surface area contributed by atoms with Gasteiger partial charge >= 0.3 is 0 Å². The van der Waals surface area contributed by atoms with Gasteiger partial charge < -0.3 is 15.4 Å². The highest BCUT2D eigenvalue weighted by molar-refractivity contribution is 7.89. The van der Waals surface area contributed by atoms with Crippen LogP contribution in [-0.2, 0) is 14.8 Å². The van der Waals surface area contributed by atoms with Gasteiger partial charge in [-0.05, 0) is 73.5 Å². The summed E-state index contributed by atoms with van der Waals surface area (Å²) in [5.41, 5.74) is 3.89. The first-order valence-electron chi connectivity index (χ1n) is 10.1. The maximum Gasteiger partial charge on any atom is 0.262 e. The molecule has 0 aliphatic rings. The zero-order valence-electron chi connectivity index (χ0n) is 18.5. The number of nitrogens with zero attached hydrogens (tertiary/aromatic N) is 1. The predicted molar refractivity (Wildman–Crippen MR) is 127 cm³/mol. The fraction of sp³-hybridized carbons (Fsp3) is 0.208. The van der Waals surface area contributed by atoms with Crippen molar-refractivity contribution >= 4 is 33.0 Å². The first kappa shape index (κ1) is 23.3. The molecule has 0 unspecified atom stereocenters. The number of carbonyl (C=O) groups excluding carboxylic acids is 1. The van der Waals surface area contributed by atoms with Crippen LogP contribution in [0.25, 0.3) is 0 Å². The van der Waals surface area contributed by atoms with E-state index in [4.69, 9.17) is 4.74 Å².